The first kappa shape index (κ1) is 8.99. The van der Waals surface area contributed by atoms with E-state index in [0.29, 0.717) is 19.4 Å². The molecule has 1 aliphatic rings. The summed E-state index contributed by atoms with van der Waals surface area (Å²) >= 11 is 0. The molecular weight excluding hydrogens is 158 g/mol. The molecule has 5 heteroatoms. The molecule has 0 aromatic carbocycles. The number of rotatable bonds is 2. The highest BCUT2D eigenvalue weighted by Gasteiger charge is 2.28. The first-order valence-electron chi connectivity index (χ1n) is 3.91. The standard InChI is InChI=1S/C7H13N3O2/c8-5-1-2-6(7(9)12)10(3-5)4-11/h4-6H,1-3,8H2,(H2,9,12)/t5?,6-/m0/s1. The zero-order valence-corrected chi connectivity index (χ0v) is 6.77. The van der Waals surface area contributed by atoms with Gasteiger partial charge in [-0.25, -0.2) is 0 Å². The Morgan fingerprint density at radius 1 is 1.50 bits per heavy atom. The number of nitrogens with two attached hydrogens (primary N) is 2. The molecule has 1 rings (SSSR count). The number of hydrogen-bond acceptors (Lipinski definition) is 3. The largest absolute Gasteiger partial charge is 0.368 e. The fourth-order valence-electron chi connectivity index (χ4n) is 1.45. The van der Waals surface area contributed by atoms with Crippen molar-refractivity contribution in [2.24, 2.45) is 11.5 Å². The van der Waals surface area contributed by atoms with E-state index in [-0.39, 0.29) is 6.04 Å². The Morgan fingerprint density at radius 2 is 2.17 bits per heavy atom. The van der Waals surface area contributed by atoms with Crippen LogP contribution in [0.3, 0.4) is 0 Å². The highest BCUT2D eigenvalue weighted by atomic mass is 16.2. The Kier molecular flexibility index (Phi) is 2.65. The molecule has 0 aromatic rings. The van der Waals surface area contributed by atoms with E-state index in [0.717, 1.165) is 6.42 Å². The number of amides is 2. The van der Waals surface area contributed by atoms with Crippen LogP contribution in [-0.4, -0.2) is 35.8 Å². The summed E-state index contributed by atoms with van der Waals surface area (Å²) in [6.07, 6.45) is 1.96. The van der Waals surface area contributed by atoms with Crippen LogP contribution < -0.4 is 11.5 Å². The van der Waals surface area contributed by atoms with Crippen LogP contribution in [-0.2, 0) is 9.59 Å². The lowest BCUT2D eigenvalue weighted by atomic mass is 9.99. The summed E-state index contributed by atoms with van der Waals surface area (Å²) in [4.78, 5) is 22.7. The fourth-order valence-corrected chi connectivity index (χ4v) is 1.45. The van der Waals surface area contributed by atoms with Crippen molar-refractivity contribution in [1.29, 1.82) is 0 Å². The smallest absolute Gasteiger partial charge is 0.240 e. The van der Waals surface area contributed by atoms with Gasteiger partial charge in [-0.1, -0.05) is 0 Å². The lowest BCUT2D eigenvalue weighted by molar-refractivity contribution is -0.132. The fraction of sp³-hybridized carbons (Fsp3) is 0.714. The van der Waals surface area contributed by atoms with E-state index in [1.54, 1.807) is 0 Å². The number of primary amides is 1. The molecule has 2 atom stereocenters. The van der Waals surface area contributed by atoms with E-state index >= 15 is 0 Å². The number of carbonyl (C=O) groups excluding carboxylic acids is 2. The molecule has 0 saturated carbocycles. The molecule has 0 bridgehead atoms. The van der Waals surface area contributed by atoms with Crippen LogP contribution in [0.4, 0.5) is 0 Å². The summed E-state index contributed by atoms with van der Waals surface area (Å²) in [5.41, 5.74) is 10.7. The third-order valence-electron chi connectivity index (χ3n) is 2.12. The van der Waals surface area contributed by atoms with Crippen LogP contribution >= 0.6 is 0 Å². The Morgan fingerprint density at radius 3 is 2.67 bits per heavy atom. The van der Waals surface area contributed by atoms with Crippen LogP contribution in [0.1, 0.15) is 12.8 Å². The monoisotopic (exact) mass is 171 g/mol. The SMILES string of the molecule is NC(=O)[C@@H]1CCC(N)CN1C=O. The third kappa shape index (κ3) is 1.73. The van der Waals surface area contributed by atoms with E-state index in [4.69, 9.17) is 11.5 Å². The second kappa shape index (κ2) is 3.53. The highest BCUT2D eigenvalue weighted by Crippen LogP contribution is 2.13. The van der Waals surface area contributed by atoms with Crippen molar-refractivity contribution in [3.63, 3.8) is 0 Å². The molecule has 68 valence electrons. The van der Waals surface area contributed by atoms with Crippen LogP contribution in [0.2, 0.25) is 0 Å². The van der Waals surface area contributed by atoms with Crippen molar-refractivity contribution in [3.8, 4) is 0 Å². The van der Waals surface area contributed by atoms with Gasteiger partial charge >= 0.3 is 0 Å². The average molecular weight is 171 g/mol. The molecule has 0 aromatic heterocycles. The van der Waals surface area contributed by atoms with E-state index in [2.05, 4.69) is 0 Å². The molecule has 5 nitrogen and oxygen atoms in total. The van der Waals surface area contributed by atoms with E-state index < -0.39 is 11.9 Å². The summed E-state index contributed by atoms with van der Waals surface area (Å²) in [5.74, 6) is -0.450. The van der Waals surface area contributed by atoms with Gasteiger partial charge in [0.25, 0.3) is 0 Å². The molecule has 12 heavy (non-hydrogen) atoms. The number of nitrogens with zero attached hydrogens (tertiary/aromatic N) is 1. The maximum absolute atomic E-state index is 10.8. The molecule has 2 amide bonds. The Hall–Kier alpha value is -1.10. The van der Waals surface area contributed by atoms with Crippen molar-refractivity contribution in [1.82, 2.24) is 4.90 Å². The van der Waals surface area contributed by atoms with Crippen LogP contribution in [0.5, 0.6) is 0 Å². The lowest BCUT2D eigenvalue weighted by Gasteiger charge is -2.33. The molecule has 4 N–H and O–H groups in total. The summed E-state index contributed by atoms with van der Waals surface area (Å²) in [6, 6.07) is -0.479. The van der Waals surface area contributed by atoms with Gasteiger partial charge in [-0.3, -0.25) is 9.59 Å². The molecule has 1 fully saturated rings. The van der Waals surface area contributed by atoms with Gasteiger partial charge in [0.15, 0.2) is 0 Å². The van der Waals surface area contributed by atoms with Crippen molar-refractivity contribution in [2.75, 3.05) is 6.54 Å². The maximum atomic E-state index is 10.8. The second-order valence-corrected chi connectivity index (χ2v) is 3.06. The minimum Gasteiger partial charge on any atom is -0.368 e. The average Bonchev–Trinajstić information content (AvgIpc) is 2.03. The predicted molar refractivity (Wildman–Crippen MR) is 43.0 cm³/mol. The maximum Gasteiger partial charge on any atom is 0.240 e. The summed E-state index contributed by atoms with van der Waals surface area (Å²) in [7, 11) is 0. The van der Waals surface area contributed by atoms with Crippen molar-refractivity contribution < 1.29 is 9.59 Å². The highest BCUT2D eigenvalue weighted by molar-refractivity contribution is 5.82. The first-order valence-corrected chi connectivity index (χ1v) is 3.91. The predicted octanol–water partition coefficient (Wildman–Crippen LogP) is -1.58. The molecule has 1 aliphatic heterocycles. The van der Waals surface area contributed by atoms with E-state index in [1.165, 1.54) is 4.90 Å². The molecule has 0 radical (unpaired) electrons. The van der Waals surface area contributed by atoms with Crippen LogP contribution in [0.25, 0.3) is 0 Å². The normalized spacial score (nSPS) is 29.9. The van der Waals surface area contributed by atoms with Crippen molar-refractivity contribution in [3.05, 3.63) is 0 Å². The Bertz CT molecular complexity index is 195. The number of likely N-dealkylation sites (tertiary alicyclic amines) is 1. The van der Waals surface area contributed by atoms with Gasteiger partial charge in [0.05, 0.1) is 0 Å². The van der Waals surface area contributed by atoms with E-state index in [9.17, 15) is 9.59 Å². The number of piperidine rings is 1. The first-order chi connectivity index (χ1) is 5.65. The molecular formula is C7H13N3O2. The van der Waals surface area contributed by atoms with Gasteiger partial charge < -0.3 is 16.4 Å². The van der Waals surface area contributed by atoms with Crippen LogP contribution in [0.15, 0.2) is 0 Å². The van der Waals surface area contributed by atoms with Gasteiger partial charge in [-0.15, -0.1) is 0 Å². The molecule has 0 aliphatic carbocycles. The minimum atomic E-state index is -0.456. The Labute approximate surface area is 70.7 Å². The summed E-state index contributed by atoms with van der Waals surface area (Å²) < 4.78 is 0. The molecule has 1 unspecified atom stereocenters. The Balaban J connectivity index is 2.62. The van der Waals surface area contributed by atoms with Gasteiger partial charge in [-0.05, 0) is 12.8 Å². The minimum absolute atomic E-state index is 0.0224. The lowest BCUT2D eigenvalue weighted by Crippen LogP contribution is -2.53. The van der Waals surface area contributed by atoms with Gasteiger partial charge in [-0.2, -0.15) is 0 Å². The van der Waals surface area contributed by atoms with Crippen molar-refractivity contribution in [2.45, 2.75) is 24.9 Å². The number of carbonyl (C=O) groups is 2. The molecule has 0 spiro atoms. The van der Waals surface area contributed by atoms with Crippen LogP contribution in [0, 0.1) is 0 Å². The van der Waals surface area contributed by atoms with Gasteiger partial charge in [0, 0.05) is 12.6 Å². The van der Waals surface area contributed by atoms with Gasteiger partial charge in [0.2, 0.25) is 12.3 Å². The zero-order valence-electron chi connectivity index (χ0n) is 6.77. The number of hydrogen-bond donors (Lipinski definition) is 2. The van der Waals surface area contributed by atoms with Crippen molar-refractivity contribution >= 4 is 12.3 Å². The summed E-state index contributed by atoms with van der Waals surface area (Å²) in [6.45, 7) is 0.428. The topological polar surface area (TPSA) is 89.4 Å². The summed E-state index contributed by atoms with van der Waals surface area (Å²) in [5, 5.41) is 0. The van der Waals surface area contributed by atoms with Gasteiger partial charge in [0.1, 0.15) is 6.04 Å². The second-order valence-electron chi connectivity index (χ2n) is 3.06. The quantitative estimate of drug-likeness (QED) is 0.491. The molecule has 1 saturated heterocycles. The molecule has 1 heterocycles. The van der Waals surface area contributed by atoms with E-state index in [1.807, 2.05) is 0 Å². The zero-order chi connectivity index (χ0) is 9.14. The third-order valence-corrected chi connectivity index (χ3v) is 2.12.